The number of aryl methyl sites for hydroxylation is 1. The van der Waals surface area contributed by atoms with Gasteiger partial charge in [0, 0.05) is 45.4 Å². The lowest BCUT2D eigenvalue weighted by atomic mass is 9.71. The molecule has 0 radical (unpaired) electrons. The van der Waals surface area contributed by atoms with Crippen molar-refractivity contribution in [3.05, 3.63) is 11.6 Å². The van der Waals surface area contributed by atoms with Gasteiger partial charge in [0.15, 0.2) is 5.82 Å². The summed E-state index contributed by atoms with van der Waals surface area (Å²) >= 11 is 0. The van der Waals surface area contributed by atoms with Crippen molar-refractivity contribution in [1.29, 1.82) is 0 Å². The zero-order valence-corrected chi connectivity index (χ0v) is 17.2. The number of nitrogens with zero attached hydrogens (tertiary/aromatic N) is 4. The first-order valence-corrected chi connectivity index (χ1v) is 10.9. The second kappa shape index (κ2) is 7.84. The number of carbonyl (C=O) groups excluding carboxylic acids is 2. The molecule has 154 valence electrons. The molecule has 1 saturated carbocycles. The van der Waals surface area contributed by atoms with Crippen molar-refractivity contribution in [1.82, 2.24) is 25.0 Å². The minimum absolute atomic E-state index is 0.0937. The van der Waals surface area contributed by atoms with Gasteiger partial charge >= 0.3 is 0 Å². The van der Waals surface area contributed by atoms with Gasteiger partial charge in [-0.3, -0.25) is 14.7 Å². The molecule has 1 aliphatic carbocycles. The molecule has 3 aliphatic rings. The van der Waals surface area contributed by atoms with Crippen LogP contribution in [0.25, 0.3) is 0 Å². The summed E-state index contributed by atoms with van der Waals surface area (Å²) in [5.41, 5.74) is -0.226. The average Bonchev–Trinajstić information content (AvgIpc) is 3.31. The zero-order valence-electron chi connectivity index (χ0n) is 17.2. The van der Waals surface area contributed by atoms with Crippen LogP contribution in [0.1, 0.15) is 69.9 Å². The number of amides is 2. The predicted octanol–water partition coefficient (Wildman–Crippen LogP) is 2.42. The molecule has 28 heavy (non-hydrogen) atoms. The van der Waals surface area contributed by atoms with Crippen LogP contribution in [0.4, 0.5) is 0 Å². The van der Waals surface area contributed by atoms with E-state index in [0.717, 1.165) is 37.0 Å². The van der Waals surface area contributed by atoms with Crippen molar-refractivity contribution >= 4 is 11.8 Å². The van der Waals surface area contributed by atoms with E-state index in [1.807, 2.05) is 16.7 Å². The first kappa shape index (κ1) is 19.4. The quantitative estimate of drug-likeness (QED) is 0.860. The molecule has 0 aromatic carbocycles. The smallest absolute Gasteiger partial charge is 0.222 e. The highest BCUT2D eigenvalue weighted by Crippen LogP contribution is 2.44. The van der Waals surface area contributed by atoms with Crippen LogP contribution in [0, 0.1) is 18.8 Å². The Bertz CT molecular complexity index is 726. The second-order valence-corrected chi connectivity index (χ2v) is 9.13. The van der Waals surface area contributed by atoms with E-state index in [2.05, 4.69) is 15.2 Å². The van der Waals surface area contributed by atoms with Gasteiger partial charge in [0.1, 0.15) is 5.82 Å². The number of hydrogen-bond acceptors (Lipinski definition) is 4. The van der Waals surface area contributed by atoms with Gasteiger partial charge in [-0.2, -0.15) is 5.10 Å². The Kier molecular flexibility index (Phi) is 5.43. The van der Waals surface area contributed by atoms with Crippen LogP contribution in [0.5, 0.6) is 0 Å². The Morgan fingerprint density at radius 2 is 1.93 bits per heavy atom. The third-order valence-electron chi connectivity index (χ3n) is 7.30. The number of likely N-dealkylation sites (tertiary alicyclic amines) is 2. The summed E-state index contributed by atoms with van der Waals surface area (Å²) in [6.07, 6.45) is 9.11. The van der Waals surface area contributed by atoms with E-state index < -0.39 is 0 Å². The van der Waals surface area contributed by atoms with Crippen LogP contribution < -0.4 is 0 Å². The molecule has 2 unspecified atom stereocenters. The van der Waals surface area contributed by atoms with Crippen molar-refractivity contribution in [2.24, 2.45) is 11.8 Å². The number of nitrogens with one attached hydrogen (secondary N) is 1. The summed E-state index contributed by atoms with van der Waals surface area (Å²) in [4.78, 5) is 33.5. The highest BCUT2D eigenvalue weighted by Gasteiger charge is 2.54. The van der Waals surface area contributed by atoms with Crippen LogP contribution in [-0.2, 0) is 15.0 Å². The lowest BCUT2D eigenvalue weighted by molar-refractivity contribution is -0.134. The number of rotatable bonds is 4. The number of piperidine rings is 1. The fraction of sp³-hybridized carbons (Fsp3) is 0.810. The van der Waals surface area contributed by atoms with E-state index in [1.54, 1.807) is 6.92 Å². The molecular formula is C21H33N5O2. The Morgan fingerprint density at radius 1 is 1.18 bits per heavy atom. The van der Waals surface area contributed by atoms with E-state index in [-0.39, 0.29) is 23.1 Å². The van der Waals surface area contributed by atoms with Crippen LogP contribution in [0.2, 0.25) is 0 Å². The van der Waals surface area contributed by atoms with Gasteiger partial charge in [-0.05, 0) is 25.7 Å². The van der Waals surface area contributed by atoms with Gasteiger partial charge in [0.25, 0.3) is 0 Å². The molecule has 1 aromatic rings. The van der Waals surface area contributed by atoms with Gasteiger partial charge in [-0.1, -0.05) is 32.1 Å². The fourth-order valence-corrected chi connectivity index (χ4v) is 5.54. The molecule has 2 atom stereocenters. The van der Waals surface area contributed by atoms with Crippen LogP contribution in [0.3, 0.4) is 0 Å². The molecule has 7 heteroatoms. The average molecular weight is 388 g/mol. The minimum atomic E-state index is -0.226. The van der Waals surface area contributed by atoms with Gasteiger partial charge < -0.3 is 9.80 Å². The number of H-pyrrole nitrogens is 1. The van der Waals surface area contributed by atoms with Gasteiger partial charge in [-0.15, -0.1) is 0 Å². The Morgan fingerprint density at radius 3 is 2.61 bits per heavy atom. The molecule has 2 saturated heterocycles. The lowest BCUT2D eigenvalue weighted by Crippen LogP contribution is -2.51. The monoisotopic (exact) mass is 387 g/mol. The molecule has 1 N–H and O–H groups in total. The molecular weight excluding hydrogens is 354 g/mol. The number of hydrogen-bond donors (Lipinski definition) is 1. The fourth-order valence-electron chi connectivity index (χ4n) is 5.54. The van der Waals surface area contributed by atoms with Gasteiger partial charge in [-0.25, -0.2) is 4.98 Å². The molecule has 3 fully saturated rings. The SMILES string of the molecule is CC(=O)N1CC2CN(C(=O)CCC3CCCCC3)CCC2(c2n[nH]c(C)n2)C1. The van der Waals surface area contributed by atoms with Crippen LogP contribution >= 0.6 is 0 Å². The Balaban J connectivity index is 1.43. The number of fused-ring (bicyclic) bond motifs is 1. The lowest BCUT2D eigenvalue weighted by Gasteiger charge is -2.41. The first-order chi connectivity index (χ1) is 13.5. The van der Waals surface area contributed by atoms with Crippen LogP contribution in [-0.4, -0.2) is 63.0 Å². The molecule has 7 nitrogen and oxygen atoms in total. The molecule has 2 amide bonds. The van der Waals surface area contributed by atoms with E-state index in [1.165, 1.54) is 32.1 Å². The van der Waals surface area contributed by atoms with E-state index in [4.69, 9.17) is 0 Å². The summed E-state index contributed by atoms with van der Waals surface area (Å²) in [6, 6.07) is 0. The van der Waals surface area contributed by atoms with Crippen molar-refractivity contribution in [2.75, 3.05) is 26.2 Å². The summed E-state index contributed by atoms with van der Waals surface area (Å²) in [7, 11) is 0. The maximum absolute atomic E-state index is 12.9. The van der Waals surface area contributed by atoms with Crippen molar-refractivity contribution in [3.63, 3.8) is 0 Å². The topological polar surface area (TPSA) is 82.2 Å². The van der Waals surface area contributed by atoms with Crippen molar-refractivity contribution in [2.45, 2.75) is 70.6 Å². The third kappa shape index (κ3) is 3.67. The largest absolute Gasteiger partial charge is 0.342 e. The Hall–Kier alpha value is -1.92. The maximum Gasteiger partial charge on any atom is 0.222 e. The summed E-state index contributed by atoms with van der Waals surface area (Å²) in [5, 5.41) is 7.42. The normalized spacial score (nSPS) is 28.4. The zero-order chi connectivity index (χ0) is 19.7. The predicted molar refractivity (Wildman–Crippen MR) is 106 cm³/mol. The number of aromatic nitrogens is 3. The first-order valence-electron chi connectivity index (χ1n) is 10.9. The summed E-state index contributed by atoms with van der Waals surface area (Å²) in [6.45, 7) is 6.33. The summed E-state index contributed by atoms with van der Waals surface area (Å²) in [5.74, 6) is 2.93. The maximum atomic E-state index is 12.9. The third-order valence-corrected chi connectivity index (χ3v) is 7.30. The minimum Gasteiger partial charge on any atom is -0.342 e. The molecule has 0 spiro atoms. The number of carbonyl (C=O) groups is 2. The van der Waals surface area contributed by atoms with E-state index in [0.29, 0.717) is 26.1 Å². The molecule has 0 bridgehead atoms. The van der Waals surface area contributed by atoms with Crippen LogP contribution in [0.15, 0.2) is 0 Å². The second-order valence-electron chi connectivity index (χ2n) is 9.13. The number of aromatic amines is 1. The Labute approximate surface area is 167 Å². The molecule has 4 rings (SSSR count). The van der Waals surface area contributed by atoms with Crippen molar-refractivity contribution in [3.8, 4) is 0 Å². The highest BCUT2D eigenvalue weighted by molar-refractivity contribution is 5.77. The van der Waals surface area contributed by atoms with Gasteiger partial charge in [0.2, 0.25) is 11.8 Å². The highest BCUT2D eigenvalue weighted by atomic mass is 16.2. The van der Waals surface area contributed by atoms with E-state index >= 15 is 0 Å². The molecule has 1 aromatic heterocycles. The standard InChI is InChI=1S/C21H33N5O2/c1-15-22-20(24-23-15)21-10-11-25(12-18(21)13-26(14-21)16(2)27)19(28)9-8-17-6-4-3-5-7-17/h17-18H,3-14H2,1-2H3,(H,22,23,24). The van der Waals surface area contributed by atoms with Gasteiger partial charge in [0.05, 0.1) is 5.41 Å². The van der Waals surface area contributed by atoms with Crippen molar-refractivity contribution < 1.29 is 9.59 Å². The molecule has 2 aliphatic heterocycles. The summed E-state index contributed by atoms with van der Waals surface area (Å²) < 4.78 is 0. The van der Waals surface area contributed by atoms with E-state index in [9.17, 15) is 9.59 Å². The molecule has 3 heterocycles.